The zero-order chi connectivity index (χ0) is 33.6. The second-order valence-corrected chi connectivity index (χ2v) is 10.6. The predicted octanol–water partition coefficient (Wildman–Crippen LogP) is 4.68. The largest absolute Gasteiger partial charge is 0.497 e. The number of carbonyl (C=O) groups excluding carboxylic acids is 1. The second kappa shape index (κ2) is 18.9. The molecule has 0 bridgehead atoms. The summed E-state index contributed by atoms with van der Waals surface area (Å²) in [5, 5.41) is 9.10. The van der Waals surface area contributed by atoms with Gasteiger partial charge < -0.3 is 49.7 Å². The number of carboxylic acids is 1. The molecule has 0 aliphatic heterocycles. The highest BCUT2D eigenvalue weighted by Gasteiger charge is 2.33. The minimum Gasteiger partial charge on any atom is -0.497 e. The van der Waals surface area contributed by atoms with Crippen molar-refractivity contribution in [1.29, 1.82) is 0 Å². The molecule has 1 aromatic carbocycles. The number of anilines is 1. The van der Waals surface area contributed by atoms with Gasteiger partial charge in [-0.1, -0.05) is 38.2 Å². The van der Waals surface area contributed by atoms with Gasteiger partial charge in [-0.15, -0.1) is 0 Å². The van der Waals surface area contributed by atoms with Crippen LogP contribution in [-0.4, -0.2) is 84.2 Å². The Bertz CT molecular complexity index is 1170. The van der Waals surface area contributed by atoms with E-state index in [1.807, 2.05) is 26.0 Å². The van der Waals surface area contributed by atoms with Crippen LogP contribution in [0.2, 0.25) is 0 Å². The molecule has 0 heterocycles. The Kier molecular flexibility index (Phi) is 16.6. The quantitative estimate of drug-likeness (QED) is 0.0847. The summed E-state index contributed by atoms with van der Waals surface area (Å²) < 4.78 is 39.8. The summed E-state index contributed by atoms with van der Waals surface area (Å²) >= 11 is 0. The Hall–Kier alpha value is -3.58. The fourth-order valence-corrected chi connectivity index (χ4v) is 5.27. The van der Waals surface area contributed by atoms with Crippen molar-refractivity contribution in [3.63, 3.8) is 0 Å². The van der Waals surface area contributed by atoms with Crippen LogP contribution in [0.5, 0.6) is 11.5 Å². The van der Waals surface area contributed by atoms with E-state index in [9.17, 15) is 9.59 Å². The van der Waals surface area contributed by atoms with Gasteiger partial charge in [0.05, 0.1) is 38.2 Å². The van der Waals surface area contributed by atoms with Gasteiger partial charge in [0, 0.05) is 51.6 Å². The molecule has 0 spiro atoms. The molecule has 248 valence electrons. The number of carboxylic acid groups (broad SMARTS) is 1. The molecule has 44 heavy (non-hydrogen) atoms. The number of rotatable bonds is 19. The molecule has 0 aliphatic rings. The lowest BCUT2D eigenvalue weighted by Crippen LogP contribution is -2.38. The molecule has 0 unspecified atom stereocenters. The number of nitrogen functional groups attached to an aromatic ring is 1. The van der Waals surface area contributed by atoms with Crippen LogP contribution in [0.25, 0.3) is 0 Å². The molecule has 12 heteroatoms. The first-order valence-corrected chi connectivity index (χ1v) is 14.1. The Morgan fingerprint density at radius 3 is 2.09 bits per heavy atom. The first kappa shape index (κ1) is 38.4. The molecular formula is C32H50N2O10. The maximum atomic E-state index is 11.8. The molecule has 0 saturated carbocycles. The lowest BCUT2D eigenvalue weighted by atomic mass is 9.86. The number of benzene rings is 1. The van der Waals surface area contributed by atoms with E-state index < -0.39 is 36.5 Å². The molecular weight excluding hydrogens is 572 g/mol. The topological polar surface area (TPSA) is 171 Å². The van der Waals surface area contributed by atoms with Gasteiger partial charge in [0.1, 0.15) is 17.6 Å². The minimum atomic E-state index is -1.05. The molecule has 0 aromatic heterocycles. The fourth-order valence-electron chi connectivity index (χ4n) is 5.27. The summed E-state index contributed by atoms with van der Waals surface area (Å²) in [6, 6.07) is 3.55. The Labute approximate surface area is 260 Å². The summed E-state index contributed by atoms with van der Waals surface area (Å²) in [5.41, 5.74) is 13.6. The maximum Gasteiger partial charge on any atom is 0.405 e. The van der Waals surface area contributed by atoms with Crippen LogP contribution < -0.4 is 20.9 Å². The van der Waals surface area contributed by atoms with Crippen LogP contribution in [-0.2, 0) is 28.5 Å². The third kappa shape index (κ3) is 10.8. The minimum absolute atomic E-state index is 0.0726. The monoisotopic (exact) mass is 622 g/mol. The number of aliphatic carboxylic acids is 1. The third-order valence-corrected chi connectivity index (χ3v) is 7.47. The van der Waals surface area contributed by atoms with E-state index in [4.69, 9.17) is 49.7 Å². The fraction of sp³-hybridized carbons (Fsp3) is 0.562. The number of primary amides is 1. The molecule has 0 fully saturated rings. The Balaban J connectivity index is 3.33. The van der Waals surface area contributed by atoms with E-state index in [-0.39, 0.29) is 23.5 Å². The van der Waals surface area contributed by atoms with Crippen LogP contribution in [0, 0.1) is 11.8 Å². The van der Waals surface area contributed by atoms with Crippen LogP contribution in [0.1, 0.15) is 45.8 Å². The third-order valence-electron chi connectivity index (χ3n) is 7.47. The lowest BCUT2D eigenvalue weighted by molar-refractivity contribution is -0.132. The van der Waals surface area contributed by atoms with Crippen molar-refractivity contribution >= 4 is 17.7 Å². The first-order valence-electron chi connectivity index (χ1n) is 14.1. The SMILES string of the molecule is COc1cc(N)c(OC)c([C@H](OC)[C@@H](C)C[C@H](OC)[C@H](OC)[C@@H](C)/C=C(\C)[C@H](OC(N)=O)[C@H](/C=C\C=C(/C)C(=O)O)OC)c1. The van der Waals surface area contributed by atoms with E-state index >= 15 is 0 Å². The van der Waals surface area contributed by atoms with E-state index in [1.165, 1.54) is 26.2 Å². The van der Waals surface area contributed by atoms with E-state index in [1.54, 1.807) is 54.6 Å². The molecule has 1 aromatic rings. The molecule has 0 radical (unpaired) electrons. The van der Waals surface area contributed by atoms with Crippen molar-refractivity contribution in [2.45, 2.75) is 64.6 Å². The predicted molar refractivity (Wildman–Crippen MR) is 168 cm³/mol. The molecule has 0 aliphatic carbocycles. The van der Waals surface area contributed by atoms with E-state index in [2.05, 4.69) is 0 Å². The standard InChI is InChI=1S/C32H50N2O10/c1-18(31(35)36)12-11-13-25(39-6)29(44-32(34)37)20(3)14-19(2)28(42-9)26(40-7)15-21(4)27(41-8)23-16-22(38-5)17-24(33)30(23)43-10/h11-14,16-17,19,21,25-29H,15,33H2,1-10H3,(H2,34,37)(H,35,36)/b13-11-,18-12+,20-14+/t19-,21-,25-,26-,27+,28+,29-/m0/s1. The molecule has 5 N–H and O–H groups in total. The van der Waals surface area contributed by atoms with Crippen molar-refractivity contribution < 1.29 is 47.9 Å². The van der Waals surface area contributed by atoms with Gasteiger partial charge in [0.25, 0.3) is 0 Å². The van der Waals surface area contributed by atoms with Crippen LogP contribution in [0.15, 0.2) is 47.6 Å². The molecule has 1 amide bonds. The number of hydrogen-bond donors (Lipinski definition) is 3. The van der Waals surface area contributed by atoms with Gasteiger partial charge in [-0.3, -0.25) is 0 Å². The summed E-state index contributed by atoms with van der Waals surface area (Å²) in [4.78, 5) is 22.9. The van der Waals surface area contributed by atoms with Crippen LogP contribution >= 0.6 is 0 Å². The molecule has 0 saturated heterocycles. The molecule has 7 atom stereocenters. The van der Waals surface area contributed by atoms with Crippen molar-refractivity contribution in [2.75, 3.05) is 48.4 Å². The average Bonchev–Trinajstić information content (AvgIpc) is 2.97. The summed E-state index contributed by atoms with van der Waals surface area (Å²) in [5.74, 6) is -0.227. The number of allylic oxidation sites excluding steroid dienone is 2. The Morgan fingerprint density at radius 1 is 0.955 bits per heavy atom. The summed E-state index contributed by atoms with van der Waals surface area (Å²) in [6.07, 6.45) is 3.25. The van der Waals surface area contributed by atoms with E-state index in [0.717, 1.165) is 5.56 Å². The average molecular weight is 623 g/mol. The Morgan fingerprint density at radius 2 is 1.61 bits per heavy atom. The van der Waals surface area contributed by atoms with Crippen LogP contribution in [0.4, 0.5) is 10.5 Å². The highest BCUT2D eigenvalue weighted by atomic mass is 16.6. The smallest absolute Gasteiger partial charge is 0.405 e. The van der Waals surface area contributed by atoms with Crippen molar-refractivity contribution in [3.05, 3.63) is 53.1 Å². The van der Waals surface area contributed by atoms with Gasteiger partial charge in [0.15, 0.2) is 6.10 Å². The van der Waals surface area contributed by atoms with E-state index in [0.29, 0.717) is 29.2 Å². The zero-order valence-corrected chi connectivity index (χ0v) is 27.5. The second-order valence-electron chi connectivity index (χ2n) is 10.6. The number of carbonyl (C=O) groups is 2. The van der Waals surface area contributed by atoms with Crippen LogP contribution in [0.3, 0.4) is 0 Å². The lowest BCUT2D eigenvalue weighted by Gasteiger charge is -2.33. The van der Waals surface area contributed by atoms with Crippen molar-refractivity contribution in [1.82, 2.24) is 0 Å². The number of hydrogen-bond acceptors (Lipinski definition) is 10. The van der Waals surface area contributed by atoms with Gasteiger partial charge in [0.2, 0.25) is 0 Å². The summed E-state index contributed by atoms with van der Waals surface area (Å²) in [7, 11) is 9.43. The normalized spacial score (nSPS) is 17.3. The number of amides is 1. The molecule has 12 nitrogen and oxygen atoms in total. The highest BCUT2D eigenvalue weighted by Crippen LogP contribution is 2.41. The van der Waals surface area contributed by atoms with Gasteiger partial charge in [-0.05, 0) is 37.8 Å². The first-order chi connectivity index (χ1) is 20.8. The zero-order valence-electron chi connectivity index (χ0n) is 27.5. The maximum absolute atomic E-state index is 11.8. The number of nitrogens with two attached hydrogens (primary N) is 2. The van der Waals surface area contributed by atoms with Gasteiger partial charge >= 0.3 is 12.1 Å². The van der Waals surface area contributed by atoms with Crippen molar-refractivity contribution in [3.8, 4) is 11.5 Å². The highest BCUT2D eigenvalue weighted by molar-refractivity contribution is 5.86. The van der Waals surface area contributed by atoms with Gasteiger partial charge in [-0.2, -0.15) is 0 Å². The van der Waals surface area contributed by atoms with Gasteiger partial charge in [-0.25, -0.2) is 9.59 Å². The summed E-state index contributed by atoms with van der Waals surface area (Å²) in [6.45, 7) is 7.26. The number of methoxy groups -OCH3 is 6. The number of ether oxygens (including phenoxy) is 7. The molecule has 1 rings (SSSR count). The van der Waals surface area contributed by atoms with Crippen molar-refractivity contribution in [2.24, 2.45) is 17.6 Å².